The summed E-state index contributed by atoms with van der Waals surface area (Å²) in [4.78, 5) is 13.3. The minimum atomic E-state index is -3.84. The molecular weight excluding hydrogens is 455 g/mol. The van der Waals surface area contributed by atoms with Crippen molar-refractivity contribution in [2.45, 2.75) is 44.4 Å². The van der Waals surface area contributed by atoms with Gasteiger partial charge in [-0.15, -0.1) is 5.11 Å². The molecule has 7 nitrogen and oxygen atoms in total. The van der Waals surface area contributed by atoms with Crippen LogP contribution in [0.4, 0.5) is 4.39 Å². The van der Waals surface area contributed by atoms with E-state index in [2.05, 4.69) is 29.4 Å². The Morgan fingerprint density at radius 1 is 1.19 bits per heavy atom. The number of ketones is 1. The molecule has 0 bridgehead atoms. The Morgan fingerprint density at radius 3 is 2.59 bits per heavy atom. The van der Waals surface area contributed by atoms with E-state index in [4.69, 9.17) is 11.6 Å². The highest BCUT2D eigenvalue weighted by Gasteiger charge is 2.53. The summed E-state index contributed by atoms with van der Waals surface area (Å²) in [7, 11) is -3.84. The van der Waals surface area contributed by atoms with Crippen molar-refractivity contribution in [1.29, 1.82) is 0 Å². The van der Waals surface area contributed by atoms with E-state index in [0.29, 0.717) is 31.6 Å². The molecule has 1 aromatic carbocycles. The van der Waals surface area contributed by atoms with E-state index >= 15 is 0 Å². The van der Waals surface area contributed by atoms with Crippen LogP contribution in [-0.2, 0) is 14.8 Å². The lowest BCUT2D eigenvalue weighted by Crippen LogP contribution is -2.50. The normalized spacial score (nSPS) is 24.6. The summed E-state index contributed by atoms with van der Waals surface area (Å²) in [5.74, 6) is 0.156. The first kappa shape index (κ1) is 21.7. The van der Waals surface area contributed by atoms with Gasteiger partial charge in [0.1, 0.15) is 5.82 Å². The fourth-order valence-corrected chi connectivity index (χ4v) is 7.23. The smallest absolute Gasteiger partial charge is 0.243 e. The van der Waals surface area contributed by atoms with Gasteiger partial charge in [0.15, 0.2) is 11.6 Å². The van der Waals surface area contributed by atoms with Crippen molar-refractivity contribution in [3.8, 4) is 0 Å². The molecule has 0 aromatic heterocycles. The number of halogens is 2. The molecule has 0 atom stereocenters. The van der Waals surface area contributed by atoms with Gasteiger partial charge in [-0.1, -0.05) is 25.4 Å². The molecule has 0 amide bonds. The monoisotopic (exact) mass is 478 g/mol. The minimum Gasteiger partial charge on any atom is -0.342 e. The number of sulfonamides is 1. The summed E-state index contributed by atoms with van der Waals surface area (Å²) in [5, 5.41) is 11.6. The van der Waals surface area contributed by atoms with Crippen LogP contribution in [0.15, 0.2) is 56.0 Å². The predicted octanol–water partition coefficient (Wildman–Crippen LogP) is 4.17. The zero-order chi connectivity index (χ0) is 22.9. The van der Waals surface area contributed by atoms with Crippen molar-refractivity contribution < 1.29 is 17.6 Å². The van der Waals surface area contributed by atoms with Crippen LogP contribution in [0, 0.1) is 16.6 Å². The number of carbonyl (C=O) groups excluding carboxylic acids is 1. The van der Waals surface area contributed by atoms with Gasteiger partial charge in [0.05, 0.1) is 16.5 Å². The standard InChI is InChI=1S/C22H24ClFN4O3S/c1-21(2)10-17-19(18(29)11-21)22(14-12-25-27-20(14)26-17)5-7-28(8-6-22)32(30,31)13-3-4-16(24)15(23)9-13/h3-4,9,26H,5-8,10-12H2,1-2H3. The summed E-state index contributed by atoms with van der Waals surface area (Å²) in [6.07, 6.45) is 2.13. The number of nitrogens with one attached hydrogen (secondary N) is 1. The van der Waals surface area contributed by atoms with Crippen molar-refractivity contribution in [3.63, 3.8) is 0 Å². The van der Waals surface area contributed by atoms with E-state index < -0.39 is 21.3 Å². The van der Waals surface area contributed by atoms with Crippen molar-refractivity contribution in [1.82, 2.24) is 9.62 Å². The maximum atomic E-state index is 13.5. The third-order valence-electron chi connectivity index (χ3n) is 6.99. The number of nitrogens with zero attached hydrogens (tertiary/aromatic N) is 3. The molecule has 0 radical (unpaired) electrons. The molecular formula is C22H24ClFN4O3S. The van der Waals surface area contributed by atoms with E-state index in [0.717, 1.165) is 35.4 Å². The number of rotatable bonds is 2. The van der Waals surface area contributed by atoms with Crippen LogP contribution >= 0.6 is 11.6 Å². The SMILES string of the molecule is CC1(C)CC(=O)C2=C(C1)NC1=C(CN=N1)C21CCN(S(=O)(=O)c2ccc(F)c(Cl)c2)CC1. The molecule has 1 N–H and O–H groups in total. The molecule has 10 heteroatoms. The van der Waals surface area contributed by atoms with Gasteiger partial charge in [0.25, 0.3) is 0 Å². The van der Waals surface area contributed by atoms with E-state index in [-0.39, 0.29) is 34.2 Å². The first-order valence-electron chi connectivity index (χ1n) is 10.6. The van der Waals surface area contributed by atoms with Gasteiger partial charge in [-0.2, -0.15) is 9.42 Å². The second-order valence-electron chi connectivity index (χ2n) is 9.71. The quantitative estimate of drug-likeness (QED) is 0.690. The van der Waals surface area contributed by atoms with Gasteiger partial charge in [-0.05, 0) is 42.9 Å². The van der Waals surface area contributed by atoms with E-state index in [1.165, 1.54) is 10.4 Å². The maximum absolute atomic E-state index is 13.5. The second kappa shape index (κ2) is 7.20. The van der Waals surface area contributed by atoms with Crippen LogP contribution < -0.4 is 5.32 Å². The summed E-state index contributed by atoms with van der Waals surface area (Å²) in [6, 6.07) is 3.43. The Bertz CT molecular complexity index is 1230. The number of benzene rings is 1. The van der Waals surface area contributed by atoms with E-state index in [1.54, 1.807) is 0 Å². The Morgan fingerprint density at radius 2 is 1.91 bits per heavy atom. The number of hydrogen-bond acceptors (Lipinski definition) is 6. The van der Waals surface area contributed by atoms with Gasteiger partial charge in [0, 0.05) is 41.8 Å². The molecule has 4 aliphatic rings. The van der Waals surface area contributed by atoms with Crippen LogP contribution in [0.25, 0.3) is 0 Å². The summed E-state index contributed by atoms with van der Waals surface area (Å²) >= 11 is 5.82. The van der Waals surface area contributed by atoms with Gasteiger partial charge in [0.2, 0.25) is 10.0 Å². The largest absolute Gasteiger partial charge is 0.342 e. The first-order chi connectivity index (χ1) is 15.0. The average Bonchev–Trinajstić information content (AvgIpc) is 3.18. The predicted molar refractivity (Wildman–Crippen MR) is 117 cm³/mol. The number of allylic oxidation sites excluding steroid dienone is 2. The lowest BCUT2D eigenvalue weighted by atomic mass is 9.60. The Hall–Kier alpha value is -2.10. The number of hydrogen-bond donors (Lipinski definition) is 1. The highest BCUT2D eigenvalue weighted by Crippen LogP contribution is 2.55. The highest BCUT2D eigenvalue weighted by atomic mass is 35.5. The van der Waals surface area contributed by atoms with Gasteiger partial charge in [-0.25, -0.2) is 12.8 Å². The summed E-state index contributed by atoms with van der Waals surface area (Å²) in [5.41, 5.74) is 1.95. The second-order valence-corrected chi connectivity index (χ2v) is 12.1. The molecule has 0 saturated carbocycles. The lowest BCUT2D eigenvalue weighted by Gasteiger charge is -2.48. The van der Waals surface area contributed by atoms with Crippen LogP contribution in [-0.4, -0.2) is 38.1 Å². The molecule has 5 rings (SSSR count). The number of dihydropyridines is 1. The fraction of sp³-hybridized carbons (Fsp3) is 0.500. The topological polar surface area (TPSA) is 91.2 Å². The third kappa shape index (κ3) is 3.24. The van der Waals surface area contributed by atoms with Crippen LogP contribution in [0.3, 0.4) is 0 Å². The van der Waals surface area contributed by atoms with Crippen LogP contribution in [0.2, 0.25) is 5.02 Å². The van der Waals surface area contributed by atoms with Crippen LogP contribution in [0.1, 0.15) is 39.5 Å². The molecule has 32 heavy (non-hydrogen) atoms. The highest BCUT2D eigenvalue weighted by molar-refractivity contribution is 7.89. The van der Waals surface area contributed by atoms with Crippen molar-refractivity contribution >= 4 is 27.4 Å². The lowest BCUT2D eigenvalue weighted by molar-refractivity contribution is -0.119. The van der Waals surface area contributed by atoms with Crippen molar-refractivity contribution in [2.24, 2.45) is 21.1 Å². The minimum absolute atomic E-state index is 0.0358. The molecule has 3 heterocycles. The molecule has 0 unspecified atom stereocenters. The van der Waals surface area contributed by atoms with Gasteiger partial charge in [-0.3, -0.25) is 4.79 Å². The number of azo groups is 1. The molecule has 1 fully saturated rings. The number of fused-ring (bicyclic) bond motifs is 2. The third-order valence-corrected chi connectivity index (χ3v) is 9.18. The summed E-state index contributed by atoms with van der Waals surface area (Å²) < 4.78 is 41.3. The average molecular weight is 479 g/mol. The van der Waals surface area contributed by atoms with Crippen molar-refractivity contribution in [3.05, 3.63) is 51.7 Å². The van der Waals surface area contributed by atoms with Gasteiger partial charge < -0.3 is 5.32 Å². The Labute approximate surface area is 191 Å². The molecule has 1 spiro atoms. The Balaban J connectivity index is 1.49. The van der Waals surface area contributed by atoms with Crippen LogP contribution in [0.5, 0.6) is 0 Å². The molecule has 1 saturated heterocycles. The first-order valence-corrected chi connectivity index (χ1v) is 12.5. The summed E-state index contributed by atoms with van der Waals surface area (Å²) in [6.45, 7) is 5.04. The molecule has 1 aliphatic carbocycles. The zero-order valence-corrected chi connectivity index (χ0v) is 19.5. The van der Waals surface area contributed by atoms with Crippen molar-refractivity contribution in [2.75, 3.05) is 19.6 Å². The fourth-order valence-electron chi connectivity index (χ4n) is 5.51. The maximum Gasteiger partial charge on any atom is 0.243 e. The van der Waals surface area contributed by atoms with E-state index in [1.807, 2.05) is 0 Å². The van der Waals surface area contributed by atoms with E-state index in [9.17, 15) is 17.6 Å². The number of carbonyl (C=O) groups is 1. The Kier molecular flexibility index (Phi) is 4.89. The molecule has 3 aliphatic heterocycles. The molecule has 170 valence electrons. The van der Waals surface area contributed by atoms with Gasteiger partial charge >= 0.3 is 0 Å². The number of Topliss-reactive ketones (excluding diaryl/α,β-unsaturated/α-hetero) is 1. The number of piperidine rings is 1. The molecule has 1 aromatic rings. The zero-order valence-electron chi connectivity index (χ0n) is 17.9.